The standard InChI is InChI=1S/C4H8N2O3/c5-3(1-2-7)4(8)9-6/h2-3H,1,5-6H2. The summed E-state index contributed by atoms with van der Waals surface area (Å²) in [6.07, 6.45) is 0.470. The first-order valence-electron chi connectivity index (χ1n) is 2.32. The Morgan fingerprint density at radius 3 is 2.67 bits per heavy atom. The van der Waals surface area contributed by atoms with Gasteiger partial charge in [-0.1, -0.05) is 0 Å². The number of aldehydes is 1. The van der Waals surface area contributed by atoms with Crippen LogP contribution in [0.4, 0.5) is 0 Å². The normalized spacial score (nSPS) is 12.2. The Balaban J connectivity index is 3.58. The maximum atomic E-state index is 10.3. The van der Waals surface area contributed by atoms with E-state index in [4.69, 9.17) is 5.73 Å². The summed E-state index contributed by atoms with van der Waals surface area (Å²) in [7, 11) is 0. The number of carbonyl (C=O) groups excluding carboxylic acids is 2. The molecule has 0 heterocycles. The molecular formula is C4H8N2O3. The third kappa shape index (κ3) is 2.78. The Labute approximate surface area is 51.9 Å². The summed E-state index contributed by atoms with van der Waals surface area (Å²) in [4.78, 5) is 23.7. The number of nitrogens with two attached hydrogens (primary N) is 2. The summed E-state index contributed by atoms with van der Waals surface area (Å²) in [6.45, 7) is 0. The lowest BCUT2D eigenvalue weighted by molar-refractivity contribution is -0.146. The molecule has 0 aromatic rings. The van der Waals surface area contributed by atoms with Gasteiger partial charge < -0.3 is 15.4 Å². The Kier molecular flexibility index (Phi) is 3.57. The van der Waals surface area contributed by atoms with Crippen LogP contribution in [0, 0.1) is 0 Å². The molecule has 9 heavy (non-hydrogen) atoms. The predicted octanol–water partition coefficient (Wildman–Crippen LogP) is -1.68. The van der Waals surface area contributed by atoms with E-state index in [-0.39, 0.29) is 6.42 Å². The lowest BCUT2D eigenvalue weighted by atomic mass is 10.2. The van der Waals surface area contributed by atoms with Crippen LogP contribution in [-0.4, -0.2) is 18.3 Å². The highest BCUT2D eigenvalue weighted by Gasteiger charge is 2.12. The van der Waals surface area contributed by atoms with Crippen LogP contribution >= 0.6 is 0 Å². The van der Waals surface area contributed by atoms with E-state index in [9.17, 15) is 9.59 Å². The van der Waals surface area contributed by atoms with Crippen molar-refractivity contribution in [2.75, 3.05) is 0 Å². The van der Waals surface area contributed by atoms with Crippen molar-refractivity contribution in [2.45, 2.75) is 12.5 Å². The second kappa shape index (κ2) is 3.99. The fourth-order valence-corrected chi connectivity index (χ4v) is 0.287. The lowest BCUT2D eigenvalue weighted by Crippen LogP contribution is -2.34. The van der Waals surface area contributed by atoms with Crippen LogP contribution in [0.25, 0.3) is 0 Å². The first-order valence-corrected chi connectivity index (χ1v) is 2.32. The highest BCUT2D eigenvalue weighted by Crippen LogP contribution is 1.84. The quantitative estimate of drug-likeness (QED) is 0.353. The molecule has 0 aromatic carbocycles. The molecule has 0 radical (unpaired) electrons. The number of rotatable bonds is 3. The molecule has 0 aromatic heterocycles. The molecule has 0 rings (SSSR count). The molecule has 0 saturated heterocycles. The Morgan fingerprint density at radius 2 is 2.33 bits per heavy atom. The molecule has 5 nitrogen and oxygen atoms in total. The van der Waals surface area contributed by atoms with E-state index in [1.54, 1.807) is 0 Å². The largest absolute Gasteiger partial charge is 0.372 e. The van der Waals surface area contributed by atoms with Gasteiger partial charge in [-0.25, -0.2) is 4.79 Å². The molecule has 0 aliphatic rings. The summed E-state index contributed by atoms with van der Waals surface area (Å²) in [5.74, 6) is 3.68. The molecular weight excluding hydrogens is 124 g/mol. The molecule has 0 amide bonds. The number of hydrogen-bond donors (Lipinski definition) is 2. The molecule has 0 spiro atoms. The zero-order valence-electron chi connectivity index (χ0n) is 4.74. The van der Waals surface area contributed by atoms with Crippen molar-refractivity contribution in [3.05, 3.63) is 0 Å². The average Bonchev–Trinajstić information content (AvgIpc) is 1.87. The molecule has 5 heteroatoms. The summed E-state index contributed by atoms with van der Waals surface area (Å²) < 4.78 is 0. The van der Waals surface area contributed by atoms with E-state index in [1.165, 1.54) is 0 Å². The minimum atomic E-state index is -0.924. The van der Waals surface area contributed by atoms with Gasteiger partial charge in [0.2, 0.25) is 0 Å². The smallest absolute Gasteiger partial charge is 0.341 e. The molecule has 0 aliphatic heterocycles. The van der Waals surface area contributed by atoms with E-state index >= 15 is 0 Å². The van der Waals surface area contributed by atoms with Crippen molar-refractivity contribution in [3.63, 3.8) is 0 Å². The molecule has 0 fully saturated rings. The van der Waals surface area contributed by atoms with Crippen LogP contribution < -0.4 is 11.6 Å². The zero-order valence-corrected chi connectivity index (χ0v) is 4.74. The van der Waals surface area contributed by atoms with Crippen molar-refractivity contribution in [2.24, 2.45) is 11.6 Å². The Bertz CT molecular complexity index is 114. The van der Waals surface area contributed by atoms with Crippen molar-refractivity contribution in [1.82, 2.24) is 0 Å². The fraction of sp³-hybridized carbons (Fsp3) is 0.500. The average molecular weight is 132 g/mol. The molecule has 1 unspecified atom stereocenters. The van der Waals surface area contributed by atoms with Crippen molar-refractivity contribution >= 4 is 12.3 Å². The highest BCUT2D eigenvalue weighted by molar-refractivity contribution is 5.78. The van der Waals surface area contributed by atoms with Crippen LogP contribution in [-0.2, 0) is 14.4 Å². The van der Waals surface area contributed by atoms with Gasteiger partial charge in [0.25, 0.3) is 0 Å². The van der Waals surface area contributed by atoms with Crippen LogP contribution in [0.2, 0.25) is 0 Å². The van der Waals surface area contributed by atoms with E-state index in [0.717, 1.165) is 0 Å². The van der Waals surface area contributed by atoms with Gasteiger partial charge in [0.15, 0.2) is 0 Å². The van der Waals surface area contributed by atoms with Crippen molar-refractivity contribution < 1.29 is 14.4 Å². The summed E-state index contributed by atoms with van der Waals surface area (Å²) in [6, 6.07) is -0.924. The van der Waals surface area contributed by atoms with Crippen LogP contribution in [0.5, 0.6) is 0 Å². The van der Waals surface area contributed by atoms with Crippen molar-refractivity contribution in [3.8, 4) is 0 Å². The van der Waals surface area contributed by atoms with Gasteiger partial charge in [-0.3, -0.25) is 0 Å². The van der Waals surface area contributed by atoms with Gasteiger partial charge in [0.1, 0.15) is 12.3 Å². The summed E-state index contributed by atoms with van der Waals surface area (Å²) >= 11 is 0. The number of hydrogen-bond acceptors (Lipinski definition) is 5. The summed E-state index contributed by atoms with van der Waals surface area (Å²) in [5, 5.41) is 0. The van der Waals surface area contributed by atoms with Gasteiger partial charge in [-0.2, -0.15) is 5.90 Å². The topological polar surface area (TPSA) is 95.4 Å². The third-order valence-electron chi connectivity index (χ3n) is 0.769. The molecule has 4 N–H and O–H groups in total. The highest BCUT2D eigenvalue weighted by atomic mass is 16.7. The molecule has 1 atom stereocenters. The van der Waals surface area contributed by atoms with Gasteiger partial charge in [0, 0.05) is 6.42 Å². The Morgan fingerprint density at radius 1 is 1.78 bits per heavy atom. The molecule has 52 valence electrons. The molecule has 0 bridgehead atoms. The van der Waals surface area contributed by atoms with Crippen molar-refractivity contribution in [1.29, 1.82) is 0 Å². The molecule has 0 aliphatic carbocycles. The number of carbonyl (C=O) groups is 2. The van der Waals surface area contributed by atoms with Crippen LogP contribution in [0.3, 0.4) is 0 Å². The van der Waals surface area contributed by atoms with Gasteiger partial charge >= 0.3 is 5.97 Å². The van der Waals surface area contributed by atoms with E-state index in [2.05, 4.69) is 10.7 Å². The van der Waals surface area contributed by atoms with Gasteiger partial charge in [-0.15, -0.1) is 0 Å². The second-order valence-corrected chi connectivity index (χ2v) is 1.45. The summed E-state index contributed by atoms with van der Waals surface area (Å²) in [5.41, 5.74) is 5.05. The second-order valence-electron chi connectivity index (χ2n) is 1.45. The van der Waals surface area contributed by atoms with Crippen LogP contribution in [0.15, 0.2) is 0 Å². The van der Waals surface area contributed by atoms with E-state index < -0.39 is 12.0 Å². The first kappa shape index (κ1) is 8.06. The zero-order chi connectivity index (χ0) is 7.28. The minimum Gasteiger partial charge on any atom is -0.372 e. The lowest BCUT2D eigenvalue weighted by Gasteiger charge is -2.01. The Hall–Kier alpha value is -0.940. The monoisotopic (exact) mass is 132 g/mol. The van der Waals surface area contributed by atoms with E-state index in [0.29, 0.717) is 6.29 Å². The van der Waals surface area contributed by atoms with E-state index in [1.807, 2.05) is 0 Å². The first-order chi connectivity index (χ1) is 4.22. The van der Waals surface area contributed by atoms with Crippen LogP contribution in [0.1, 0.15) is 6.42 Å². The predicted molar refractivity (Wildman–Crippen MR) is 28.9 cm³/mol. The SMILES string of the molecule is NOC(=O)C(N)CC=O. The maximum Gasteiger partial charge on any atom is 0.341 e. The fourth-order valence-electron chi connectivity index (χ4n) is 0.287. The maximum absolute atomic E-state index is 10.3. The third-order valence-corrected chi connectivity index (χ3v) is 0.769. The minimum absolute atomic E-state index is 0.0595. The molecule has 0 saturated carbocycles. The van der Waals surface area contributed by atoms with Gasteiger partial charge in [-0.05, 0) is 0 Å². The van der Waals surface area contributed by atoms with Gasteiger partial charge in [0.05, 0.1) is 0 Å².